The summed E-state index contributed by atoms with van der Waals surface area (Å²) in [6, 6.07) is 0.403. The zero-order valence-electron chi connectivity index (χ0n) is 5.75. The van der Waals surface area contributed by atoms with E-state index < -0.39 is 0 Å². The van der Waals surface area contributed by atoms with E-state index in [0.717, 1.165) is 13.0 Å². The van der Waals surface area contributed by atoms with Crippen LogP contribution in [0.1, 0.15) is 6.42 Å². The van der Waals surface area contributed by atoms with Crippen LogP contribution in [0.3, 0.4) is 0 Å². The van der Waals surface area contributed by atoms with Gasteiger partial charge in [-0.25, -0.2) is 0 Å². The number of nitrogens with two attached hydrogens (primary N) is 1. The first kappa shape index (κ1) is 6.99. The maximum atomic E-state index is 9.10. The lowest BCUT2D eigenvalue weighted by molar-refractivity contribution is 0.182. The number of β-amino-alcohol motifs (C(OH)–C–C–N with tert-alkyl or cyclic N) is 1. The SMILES string of the molecule is CN1C[C@@H](O)C[C@H]1CN. The van der Waals surface area contributed by atoms with Gasteiger partial charge in [-0.05, 0) is 13.5 Å². The van der Waals surface area contributed by atoms with Crippen LogP contribution in [0.4, 0.5) is 0 Å². The van der Waals surface area contributed by atoms with Gasteiger partial charge < -0.3 is 10.8 Å². The molecule has 1 aliphatic rings. The molecule has 3 N–H and O–H groups in total. The van der Waals surface area contributed by atoms with Crippen molar-refractivity contribution in [1.82, 2.24) is 4.90 Å². The van der Waals surface area contributed by atoms with Gasteiger partial charge in [0.1, 0.15) is 0 Å². The minimum absolute atomic E-state index is 0.149. The highest BCUT2D eigenvalue weighted by Crippen LogP contribution is 2.13. The van der Waals surface area contributed by atoms with Crippen molar-refractivity contribution in [2.75, 3.05) is 20.1 Å². The lowest BCUT2D eigenvalue weighted by Gasteiger charge is -2.15. The molecule has 3 heteroatoms. The molecule has 0 aliphatic carbocycles. The van der Waals surface area contributed by atoms with Crippen LogP contribution in [0.5, 0.6) is 0 Å². The Morgan fingerprint density at radius 1 is 1.78 bits per heavy atom. The highest BCUT2D eigenvalue weighted by Gasteiger charge is 2.26. The lowest BCUT2D eigenvalue weighted by atomic mass is 10.2. The summed E-state index contributed by atoms with van der Waals surface area (Å²) in [5.74, 6) is 0. The largest absolute Gasteiger partial charge is 0.392 e. The highest BCUT2D eigenvalue weighted by molar-refractivity contribution is 4.82. The quantitative estimate of drug-likeness (QED) is 0.479. The number of rotatable bonds is 1. The average molecular weight is 130 g/mol. The lowest BCUT2D eigenvalue weighted by Crippen LogP contribution is -2.31. The van der Waals surface area contributed by atoms with Crippen molar-refractivity contribution in [3.05, 3.63) is 0 Å². The van der Waals surface area contributed by atoms with E-state index in [1.165, 1.54) is 0 Å². The summed E-state index contributed by atoms with van der Waals surface area (Å²) in [4.78, 5) is 2.10. The van der Waals surface area contributed by atoms with Crippen LogP contribution in [0, 0.1) is 0 Å². The Kier molecular flexibility index (Phi) is 2.05. The van der Waals surface area contributed by atoms with Crippen LogP contribution in [0.15, 0.2) is 0 Å². The summed E-state index contributed by atoms with van der Waals surface area (Å²) >= 11 is 0. The molecule has 0 spiro atoms. The zero-order valence-corrected chi connectivity index (χ0v) is 5.75. The fourth-order valence-corrected chi connectivity index (χ4v) is 1.33. The normalized spacial score (nSPS) is 37.7. The third-order valence-electron chi connectivity index (χ3n) is 1.94. The highest BCUT2D eigenvalue weighted by atomic mass is 16.3. The first-order valence-electron chi connectivity index (χ1n) is 3.32. The molecule has 2 atom stereocenters. The Hall–Kier alpha value is -0.120. The van der Waals surface area contributed by atoms with Gasteiger partial charge in [-0.1, -0.05) is 0 Å². The monoisotopic (exact) mass is 130 g/mol. The molecule has 0 saturated carbocycles. The molecule has 54 valence electrons. The van der Waals surface area contributed by atoms with E-state index in [4.69, 9.17) is 10.8 Å². The Labute approximate surface area is 55.5 Å². The van der Waals surface area contributed by atoms with Crippen molar-refractivity contribution < 1.29 is 5.11 Å². The van der Waals surface area contributed by atoms with E-state index in [9.17, 15) is 0 Å². The van der Waals surface area contributed by atoms with E-state index in [0.29, 0.717) is 12.6 Å². The van der Waals surface area contributed by atoms with Crippen molar-refractivity contribution in [2.45, 2.75) is 18.6 Å². The maximum Gasteiger partial charge on any atom is 0.0682 e. The number of nitrogens with zero attached hydrogens (tertiary/aromatic N) is 1. The number of hydrogen-bond acceptors (Lipinski definition) is 3. The van der Waals surface area contributed by atoms with Crippen molar-refractivity contribution in [3.8, 4) is 0 Å². The van der Waals surface area contributed by atoms with Crippen molar-refractivity contribution in [2.24, 2.45) is 5.73 Å². The van der Waals surface area contributed by atoms with Crippen molar-refractivity contribution in [1.29, 1.82) is 0 Å². The first-order valence-corrected chi connectivity index (χ1v) is 3.32. The Morgan fingerprint density at radius 3 is 2.67 bits per heavy atom. The Balaban J connectivity index is 2.38. The van der Waals surface area contributed by atoms with E-state index in [1.807, 2.05) is 7.05 Å². The van der Waals surface area contributed by atoms with E-state index in [2.05, 4.69) is 4.90 Å². The van der Waals surface area contributed by atoms with Crippen molar-refractivity contribution >= 4 is 0 Å². The summed E-state index contributed by atoms with van der Waals surface area (Å²) in [7, 11) is 1.99. The molecule has 9 heavy (non-hydrogen) atoms. The predicted octanol–water partition coefficient (Wildman–Crippen LogP) is -0.990. The number of likely N-dealkylation sites (N-methyl/N-ethyl adjacent to an activating group) is 1. The summed E-state index contributed by atoms with van der Waals surface area (Å²) in [6.45, 7) is 1.44. The van der Waals surface area contributed by atoms with Crippen LogP contribution in [0.2, 0.25) is 0 Å². The summed E-state index contributed by atoms with van der Waals surface area (Å²) in [5, 5.41) is 9.10. The van der Waals surface area contributed by atoms with E-state index in [-0.39, 0.29) is 6.10 Å². The molecule has 1 heterocycles. The first-order chi connectivity index (χ1) is 4.24. The summed E-state index contributed by atoms with van der Waals surface area (Å²) in [5.41, 5.74) is 5.43. The molecular weight excluding hydrogens is 116 g/mol. The molecule has 0 radical (unpaired) electrons. The Bertz CT molecular complexity index is 97.1. The topological polar surface area (TPSA) is 49.5 Å². The number of likely N-dealkylation sites (tertiary alicyclic amines) is 1. The second-order valence-electron chi connectivity index (χ2n) is 2.72. The molecular formula is C6H14N2O. The minimum Gasteiger partial charge on any atom is -0.392 e. The van der Waals surface area contributed by atoms with Crippen LogP contribution in [-0.2, 0) is 0 Å². The standard InChI is InChI=1S/C6H14N2O/c1-8-4-6(9)2-5(8)3-7/h5-6,9H,2-4,7H2,1H3/t5-,6-/m0/s1. The van der Waals surface area contributed by atoms with Crippen LogP contribution in [-0.4, -0.2) is 42.3 Å². The molecule has 0 amide bonds. The molecule has 0 aromatic rings. The maximum absolute atomic E-state index is 9.10. The Morgan fingerprint density at radius 2 is 2.44 bits per heavy atom. The second kappa shape index (κ2) is 2.64. The summed E-state index contributed by atoms with van der Waals surface area (Å²) in [6.07, 6.45) is 0.691. The van der Waals surface area contributed by atoms with Gasteiger partial charge in [0.25, 0.3) is 0 Å². The minimum atomic E-state index is -0.149. The van der Waals surface area contributed by atoms with Gasteiger partial charge in [-0.3, -0.25) is 4.90 Å². The van der Waals surface area contributed by atoms with Gasteiger partial charge in [0.15, 0.2) is 0 Å². The average Bonchev–Trinajstić information content (AvgIpc) is 2.10. The van der Waals surface area contributed by atoms with E-state index >= 15 is 0 Å². The molecule has 0 aromatic heterocycles. The molecule has 0 bridgehead atoms. The predicted molar refractivity (Wildman–Crippen MR) is 36.1 cm³/mol. The van der Waals surface area contributed by atoms with Gasteiger partial charge in [-0.15, -0.1) is 0 Å². The van der Waals surface area contributed by atoms with E-state index in [1.54, 1.807) is 0 Å². The molecule has 0 unspecified atom stereocenters. The fourth-order valence-electron chi connectivity index (χ4n) is 1.33. The van der Waals surface area contributed by atoms with Crippen LogP contribution < -0.4 is 5.73 Å². The van der Waals surface area contributed by atoms with Crippen LogP contribution >= 0.6 is 0 Å². The van der Waals surface area contributed by atoms with Gasteiger partial charge in [-0.2, -0.15) is 0 Å². The number of hydrogen-bond donors (Lipinski definition) is 2. The number of aliphatic hydroxyl groups excluding tert-OH is 1. The molecule has 1 saturated heterocycles. The number of aliphatic hydroxyl groups is 1. The van der Waals surface area contributed by atoms with Gasteiger partial charge in [0.05, 0.1) is 6.10 Å². The van der Waals surface area contributed by atoms with Crippen molar-refractivity contribution in [3.63, 3.8) is 0 Å². The smallest absolute Gasteiger partial charge is 0.0682 e. The molecule has 3 nitrogen and oxygen atoms in total. The van der Waals surface area contributed by atoms with Gasteiger partial charge in [0.2, 0.25) is 0 Å². The zero-order chi connectivity index (χ0) is 6.85. The fraction of sp³-hybridized carbons (Fsp3) is 1.00. The molecule has 1 aliphatic heterocycles. The van der Waals surface area contributed by atoms with Gasteiger partial charge >= 0.3 is 0 Å². The van der Waals surface area contributed by atoms with Gasteiger partial charge in [0, 0.05) is 19.1 Å². The second-order valence-corrected chi connectivity index (χ2v) is 2.72. The molecule has 1 fully saturated rings. The third kappa shape index (κ3) is 1.41. The molecule has 0 aromatic carbocycles. The van der Waals surface area contributed by atoms with Crippen LogP contribution in [0.25, 0.3) is 0 Å². The summed E-state index contributed by atoms with van der Waals surface area (Å²) < 4.78 is 0. The third-order valence-corrected chi connectivity index (χ3v) is 1.94. The molecule has 1 rings (SSSR count).